The summed E-state index contributed by atoms with van der Waals surface area (Å²) in [6, 6.07) is 1.69. The first-order chi connectivity index (χ1) is 7.11. The van der Waals surface area contributed by atoms with Crippen LogP contribution in [0.15, 0.2) is 16.9 Å². The van der Waals surface area contributed by atoms with Gasteiger partial charge in [0.25, 0.3) is 5.56 Å². The third-order valence-corrected chi connectivity index (χ3v) is 2.11. The van der Waals surface area contributed by atoms with Gasteiger partial charge in [-0.05, 0) is 6.07 Å². The molecule has 0 aliphatic heterocycles. The molecule has 0 fully saturated rings. The Morgan fingerprint density at radius 1 is 1.40 bits per heavy atom. The first-order valence-corrected chi connectivity index (χ1v) is 4.49. The Balaban J connectivity index is 2.91. The van der Waals surface area contributed by atoms with Gasteiger partial charge in [-0.3, -0.25) is 4.79 Å². The Bertz CT molecular complexity index is 577. The minimum atomic E-state index is -0.814. The number of hydrogen-bond donors (Lipinski definition) is 1. The lowest BCUT2D eigenvalue weighted by Crippen LogP contribution is -2.12. The maximum Gasteiger partial charge on any atom is 0.258 e. The van der Waals surface area contributed by atoms with Crippen LogP contribution in [0.2, 0.25) is 0 Å². The fourth-order valence-corrected chi connectivity index (χ4v) is 1.38. The summed E-state index contributed by atoms with van der Waals surface area (Å²) in [5.74, 6) is -1.21. The van der Waals surface area contributed by atoms with Gasteiger partial charge in [-0.1, -0.05) is 6.92 Å². The highest BCUT2D eigenvalue weighted by molar-refractivity contribution is 5.78. The molecule has 3 nitrogen and oxygen atoms in total. The van der Waals surface area contributed by atoms with Crippen LogP contribution < -0.4 is 5.56 Å². The smallest absolute Gasteiger partial charge is 0.258 e. The number of aryl methyl sites for hydroxylation is 1. The standard InChI is InChI=1S/C10H8F2N2O/c1-2-8-13-9-6(10(15)14-8)3-5(11)4-7(9)12/h3-4H,2H2,1H3,(H,13,14,15). The summed E-state index contributed by atoms with van der Waals surface area (Å²) >= 11 is 0. The molecule has 0 spiro atoms. The van der Waals surface area contributed by atoms with Crippen LogP contribution in [0.3, 0.4) is 0 Å². The van der Waals surface area contributed by atoms with Gasteiger partial charge in [-0.25, -0.2) is 13.8 Å². The number of fused-ring (bicyclic) bond motifs is 1. The minimum absolute atomic E-state index is 0.0651. The Morgan fingerprint density at radius 2 is 2.13 bits per heavy atom. The van der Waals surface area contributed by atoms with E-state index in [0.717, 1.165) is 6.07 Å². The molecular weight excluding hydrogens is 202 g/mol. The van der Waals surface area contributed by atoms with E-state index in [1.165, 1.54) is 0 Å². The van der Waals surface area contributed by atoms with Crippen molar-refractivity contribution in [1.82, 2.24) is 9.97 Å². The van der Waals surface area contributed by atoms with Crippen molar-refractivity contribution < 1.29 is 8.78 Å². The molecule has 2 aromatic rings. The second-order valence-corrected chi connectivity index (χ2v) is 3.15. The predicted molar refractivity (Wildman–Crippen MR) is 51.7 cm³/mol. The molecule has 2 rings (SSSR count). The summed E-state index contributed by atoms with van der Waals surface area (Å²) in [5.41, 5.74) is -0.604. The van der Waals surface area contributed by atoms with E-state index in [1.54, 1.807) is 6.92 Å². The number of H-pyrrole nitrogens is 1. The van der Waals surface area contributed by atoms with Crippen LogP contribution in [-0.4, -0.2) is 9.97 Å². The zero-order chi connectivity index (χ0) is 11.0. The Hall–Kier alpha value is -1.78. The maximum absolute atomic E-state index is 13.3. The number of rotatable bonds is 1. The van der Waals surface area contributed by atoms with Crippen LogP contribution in [-0.2, 0) is 6.42 Å². The van der Waals surface area contributed by atoms with Crippen molar-refractivity contribution in [3.63, 3.8) is 0 Å². The summed E-state index contributed by atoms with van der Waals surface area (Å²) in [4.78, 5) is 17.8. The number of halogens is 2. The third-order valence-electron chi connectivity index (χ3n) is 2.11. The number of aromatic nitrogens is 2. The van der Waals surface area contributed by atoms with E-state index < -0.39 is 17.2 Å². The summed E-state index contributed by atoms with van der Waals surface area (Å²) in [6.45, 7) is 1.78. The molecule has 0 radical (unpaired) electrons. The first kappa shape index (κ1) is 9.76. The van der Waals surface area contributed by atoms with Crippen LogP contribution in [0.1, 0.15) is 12.7 Å². The lowest BCUT2D eigenvalue weighted by molar-refractivity contribution is 0.589. The van der Waals surface area contributed by atoms with Gasteiger partial charge in [0.2, 0.25) is 0 Å². The van der Waals surface area contributed by atoms with Gasteiger partial charge in [0, 0.05) is 12.5 Å². The van der Waals surface area contributed by atoms with Crippen molar-refractivity contribution in [2.45, 2.75) is 13.3 Å². The van der Waals surface area contributed by atoms with Crippen molar-refractivity contribution in [2.75, 3.05) is 0 Å². The summed E-state index contributed by atoms with van der Waals surface area (Å²) in [6.07, 6.45) is 0.488. The SMILES string of the molecule is CCc1nc2c(F)cc(F)cc2c(=O)[nH]1. The molecule has 0 bridgehead atoms. The number of aromatic amines is 1. The van der Waals surface area contributed by atoms with Gasteiger partial charge in [-0.15, -0.1) is 0 Å². The van der Waals surface area contributed by atoms with Gasteiger partial charge in [0.15, 0.2) is 5.82 Å². The van der Waals surface area contributed by atoms with E-state index in [4.69, 9.17) is 0 Å². The zero-order valence-electron chi connectivity index (χ0n) is 7.97. The molecule has 0 saturated heterocycles. The van der Waals surface area contributed by atoms with E-state index in [0.29, 0.717) is 18.3 Å². The molecule has 1 heterocycles. The zero-order valence-corrected chi connectivity index (χ0v) is 7.97. The Kier molecular flexibility index (Phi) is 2.22. The third kappa shape index (κ3) is 1.60. The van der Waals surface area contributed by atoms with Crippen molar-refractivity contribution in [2.24, 2.45) is 0 Å². The maximum atomic E-state index is 13.3. The quantitative estimate of drug-likeness (QED) is 0.779. The molecule has 15 heavy (non-hydrogen) atoms. The van der Waals surface area contributed by atoms with Crippen LogP contribution in [0, 0.1) is 11.6 Å². The summed E-state index contributed by atoms with van der Waals surface area (Å²) in [5, 5.41) is -0.0651. The predicted octanol–water partition coefficient (Wildman–Crippen LogP) is 1.76. The Labute approximate surface area is 83.8 Å². The van der Waals surface area contributed by atoms with Crippen molar-refractivity contribution in [3.05, 3.63) is 39.9 Å². The van der Waals surface area contributed by atoms with E-state index in [-0.39, 0.29) is 10.9 Å². The average molecular weight is 210 g/mol. The minimum Gasteiger partial charge on any atom is -0.310 e. The molecule has 0 aliphatic carbocycles. The molecule has 1 aromatic carbocycles. The molecule has 78 valence electrons. The van der Waals surface area contributed by atoms with Crippen LogP contribution >= 0.6 is 0 Å². The van der Waals surface area contributed by atoms with Crippen LogP contribution in [0.5, 0.6) is 0 Å². The molecule has 0 amide bonds. The van der Waals surface area contributed by atoms with E-state index >= 15 is 0 Å². The van der Waals surface area contributed by atoms with Crippen LogP contribution in [0.25, 0.3) is 10.9 Å². The largest absolute Gasteiger partial charge is 0.310 e. The second kappa shape index (κ2) is 3.42. The number of benzene rings is 1. The molecule has 0 saturated carbocycles. The van der Waals surface area contributed by atoms with Gasteiger partial charge >= 0.3 is 0 Å². The first-order valence-electron chi connectivity index (χ1n) is 4.49. The molecule has 0 aliphatic rings. The van der Waals surface area contributed by atoms with Gasteiger partial charge in [0.05, 0.1) is 5.39 Å². The molecule has 5 heteroatoms. The lowest BCUT2D eigenvalue weighted by Gasteiger charge is -2.01. The topological polar surface area (TPSA) is 45.8 Å². The van der Waals surface area contributed by atoms with E-state index in [1.807, 2.05) is 0 Å². The average Bonchev–Trinajstić information content (AvgIpc) is 2.19. The number of hydrogen-bond acceptors (Lipinski definition) is 2. The van der Waals surface area contributed by atoms with Gasteiger partial charge < -0.3 is 4.98 Å². The fourth-order valence-electron chi connectivity index (χ4n) is 1.38. The van der Waals surface area contributed by atoms with Crippen molar-refractivity contribution >= 4 is 10.9 Å². The van der Waals surface area contributed by atoms with E-state index in [9.17, 15) is 13.6 Å². The molecule has 0 atom stereocenters. The van der Waals surface area contributed by atoms with Gasteiger partial charge in [-0.2, -0.15) is 0 Å². The highest BCUT2D eigenvalue weighted by Gasteiger charge is 2.09. The molecule has 1 aromatic heterocycles. The van der Waals surface area contributed by atoms with Gasteiger partial charge in [0.1, 0.15) is 17.2 Å². The molecular formula is C10H8F2N2O. The normalized spacial score (nSPS) is 10.9. The Morgan fingerprint density at radius 3 is 2.80 bits per heavy atom. The number of nitrogens with one attached hydrogen (secondary N) is 1. The summed E-state index contributed by atoms with van der Waals surface area (Å²) < 4.78 is 26.1. The highest BCUT2D eigenvalue weighted by Crippen LogP contribution is 2.14. The highest BCUT2D eigenvalue weighted by atomic mass is 19.1. The van der Waals surface area contributed by atoms with Crippen molar-refractivity contribution in [1.29, 1.82) is 0 Å². The fraction of sp³-hybridized carbons (Fsp3) is 0.200. The van der Waals surface area contributed by atoms with Crippen LogP contribution in [0.4, 0.5) is 8.78 Å². The summed E-state index contributed by atoms with van der Waals surface area (Å²) in [7, 11) is 0. The molecule has 1 N–H and O–H groups in total. The number of nitrogens with zero attached hydrogens (tertiary/aromatic N) is 1. The second-order valence-electron chi connectivity index (χ2n) is 3.15. The monoisotopic (exact) mass is 210 g/mol. The lowest BCUT2D eigenvalue weighted by atomic mass is 10.2. The van der Waals surface area contributed by atoms with Crippen molar-refractivity contribution in [3.8, 4) is 0 Å². The molecule has 0 unspecified atom stereocenters. The van der Waals surface area contributed by atoms with E-state index in [2.05, 4.69) is 9.97 Å².